The number of nitrogen functional groups attached to an aromatic ring is 1. The van der Waals surface area contributed by atoms with Gasteiger partial charge in [0, 0.05) is 37.8 Å². The molecule has 3 aromatic carbocycles. The lowest BCUT2D eigenvalue weighted by molar-refractivity contribution is 0.102. The van der Waals surface area contributed by atoms with Crippen LogP contribution in [0.5, 0.6) is 0 Å². The van der Waals surface area contributed by atoms with Gasteiger partial charge in [-0.2, -0.15) is 0 Å². The number of carbonyl (C=O) groups excluding carboxylic acids is 1. The van der Waals surface area contributed by atoms with E-state index in [1.165, 1.54) is 0 Å². The summed E-state index contributed by atoms with van der Waals surface area (Å²) in [6, 6.07) is 25.2. The maximum absolute atomic E-state index is 13.4. The Balaban J connectivity index is 1.10. The summed E-state index contributed by atoms with van der Waals surface area (Å²) < 4.78 is 15.5. The highest BCUT2D eigenvalue weighted by Gasteiger charge is 2.45. The van der Waals surface area contributed by atoms with Crippen LogP contribution in [0, 0.1) is 5.41 Å². The Bertz CT molecular complexity index is 1490. The molecule has 0 saturated carbocycles. The number of amides is 1. The van der Waals surface area contributed by atoms with Gasteiger partial charge in [-0.25, -0.2) is 13.5 Å². The van der Waals surface area contributed by atoms with Gasteiger partial charge in [0.25, 0.3) is 5.91 Å². The highest BCUT2D eigenvalue weighted by Crippen LogP contribution is 2.42. The lowest BCUT2D eigenvalue weighted by Crippen LogP contribution is -2.32. The second-order valence-corrected chi connectivity index (χ2v) is 11.5. The minimum absolute atomic E-state index is 0.106. The van der Waals surface area contributed by atoms with E-state index in [2.05, 4.69) is 37.7 Å². The molecule has 1 aromatic heterocycles. The molecule has 0 radical (unpaired) electrons. The van der Waals surface area contributed by atoms with Crippen LogP contribution >= 0.6 is 0 Å². The summed E-state index contributed by atoms with van der Waals surface area (Å²) in [5.41, 5.74) is 7.64. The zero-order chi connectivity index (χ0) is 25.4. The lowest BCUT2D eigenvalue weighted by atomic mass is 9.87. The Morgan fingerprint density at radius 2 is 1.70 bits per heavy atom. The third kappa shape index (κ3) is 4.70. The van der Waals surface area contributed by atoms with Crippen molar-refractivity contribution in [3.8, 4) is 0 Å². The van der Waals surface area contributed by atoms with Gasteiger partial charge in [-0.15, -0.1) is 0 Å². The van der Waals surface area contributed by atoms with E-state index in [0.717, 1.165) is 60.5 Å². The molecule has 188 valence electrons. The van der Waals surface area contributed by atoms with Crippen LogP contribution in [0.25, 0.3) is 10.8 Å². The first-order valence-corrected chi connectivity index (χ1v) is 13.6. The fraction of sp³-hybridized carbons (Fsp3) is 0.241. The largest absolute Gasteiger partial charge is 0.397 e. The van der Waals surface area contributed by atoms with Crippen molar-refractivity contribution in [2.75, 3.05) is 42.1 Å². The monoisotopic (exact) mass is 511 g/mol. The fourth-order valence-corrected chi connectivity index (χ4v) is 6.80. The van der Waals surface area contributed by atoms with Crippen molar-refractivity contribution >= 4 is 44.9 Å². The molecule has 2 aliphatic heterocycles. The van der Waals surface area contributed by atoms with Crippen molar-refractivity contribution in [3.63, 3.8) is 0 Å². The highest BCUT2D eigenvalue weighted by molar-refractivity contribution is 7.82. The van der Waals surface area contributed by atoms with Crippen LogP contribution < -0.4 is 16.0 Å². The molecule has 3 N–H and O–H groups in total. The van der Waals surface area contributed by atoms with Crippen LogP contribution in [-0.4, -0.2) is 45.6 Å². The Hall–Kier alpha value is -3.75. The highest BCUT2D eigenvalue weighted by atomic mass is 32.2. The minimum atomic E-state index is -1.17. The van der Waals surface area contributed by atoms with Crippen molar-refractivity contribution in [1.82, 2.24) is 9.29 Å². The van der Waals surface area contributed by atoms with E-state index in [1.807, 2.05) is 42.5 Å². The number of hydrogen-bond acceptors (Lipinski definition) is 5. The summed E-state index contributed by atoms with van der Waals surface area (Å²) >= 11 is 0. The molecule has 4 aromatic rings. The average molecular weight is 512 g/mol. The van der Waals surface area contributed by atoms with Crippen LogP contribution in [0.3, 0.4) is 0 Å². The van der Waals surface area contributed by atoms with Gasteiger partial charge in [-0.3, -0.25) is 4.79 Å². The zero-order valence-electron chi connectivity index (χ0n) is 20.5. The topological polar surface area (TPSA) is 91.6 Å². The molecule has 2 aliphatic rings. The summed E-state index contributed by atoms with van der Waals surface area (Å²) in [5.74, 6) is 0.624. The smallest absolute Gasteiger partial charge is 0.257 e. The number of rotatable bonds is 5. The SMILES string of the molecule is Nc1ccccc1NC(=O)c1ccc(N2CCC3(CCN(S(=O)c4ccc5ccccc5c4)C3)C2)nc1. The molecule has 1 amide bonds. The van der Waals surface area contributed by atoms with Gasteiger partial charge in [0.05, 0.1) is 21.8 Å². The molecule has 2 unspecified atom stereocenters. The number of para-hydroxylation sites is 2. The lowest BCUT2D eigenvalue weighted by Gasteiger charge is -2.25. The summed E-state index contributed by atoms with van der Waals surface area (Å²) in [7, 11) is -1.17. The normalized spacial score (nSPS) is 20.5. The van der Waals surface area contributed by atoms with Crippen LogP contribution in [0.4, 0.5) is 17.2 Å². The average Bonchev–Trinajstić information content (AvgIpc) is 3.56. The molecule has 7 nitrogen and oxygen atoms in total. The minimum Gasteiger partial charge on any atom is -0.397 e. The number of nitrogens with one attached hydrogen (secondary N) is 1. The van der Waals surface area contributed by atoms with Crippen LogP contribution in [0.1, 0.15) is 23.2 Å². The summed E-state index contributed by atoms with van der Waals surface area (Å²) in [6.07, 6.45) is 3.67. The number of hydrogen-bond donors (Lipinski definition) is 2. The third-order valence-electron chi connectivity index (χ3n) is 7.54. The molecule has 0 aliphatic carbocycles. The number of nitrogens with two attached hydrogens (primary N) is 1. The van der Waals surface area contributed by atoms with Gasteiger partial charge in [-0.05, 0) is 60.0 Å². The van der Waals surface area contributed by atoms with Gasteiger partial charge in [-0.1, -0.05) is 42.5 Å². The zero-order valence-corrected chi connectivity index (χ0v) is 21.3. The summed E-state index contributed by atoms with van der Waals surface area (Å²) in [6.45, 7) is 3.40. The Labute approximate surface area is 218 Å². The first kappa shape index (κ1) is 23.6. The van der Waals surface area contributed by atoms with Crippen LogP contribution in [0.2, 0.25) is 0 Å². The quantitative estimate of drug-likeness (QED) is 0.379. The first-order chi connectivity index (χ1) is 18.0. The Morgan fingerprint density at radius 1 is 0.919 bits per heavy atom. The third-order valence-corrected chi connectivity index (χ3v) is 8.98. The molecule has 3 heterocycles. The second-order valence-electron chi connectivity index (χ2n) is 9.99. The number of nitrogens with zero attached hydrogens (tertiary/aromatic N) is 3. The molecular formula is C29H29N5O2S. The van der Waals surface area contributed by atoms with Crippen LogP contribution in [0.15, 0.2) is 90.0 Å². The molecule has 1 spiro atoms. The fourth-order valence-electron chi connectivity index (χ4n) is 5.44. The molecule has 6 rings (SSSR count). The van der Waals surface area contributed by atoms with Gasteiger partial charge < -0.3 is 16.0 Å². The maximum Gasteiger partial charge on any atom is 0.257 e. The first-order valence-electron chi connectivity index (χ1n) is 12.5. The number of fused-ring (bicyclic) bond motifs is 1. The van der Waals surface area contributed by atoms with Crippen molar-refractivity contribution < 1.29 is 9.00 Å². The maximum atomic E-state index is 13.4. The van der Waals surface area contributed by atoms with Crippen LogP contribution in [-0.2, 0) is 11.0 Å². The van der Waals surface area contributed by atoms with Gasteiger partial charge >= 0.3 is 0 Å². The number of carbonyl (C=O) groups is 1. The Kier molecular flexibility index (Phi) is 6.14. The van der Waals surface area contributed by atoms with Gasteiger partial charge in [0.15, 0.2) is 0 Å². The molecule has 0 bridgehead atoms. The standard InChI is InChI=1S/C29H29N5O2S/c30-25-7-3-4-8-26(25)32-28(35)23-10-12-27(31-18-23)33-15-13-29(19-33)14-16-34(20-29)37(36)24-11-9-21-5-1-2-6-22(21)17-24/h1-12,17-18H,13-16,19-20,30H2,(H,32,35). The molecule has 2 fully saturated rings. The van der Waals surface area contributed by atoms with Crippen molar-refractivity contribution in [2.45, 2.75) is 17.7 Å². The second kappa shape index (κ2) is 9.61. The van der Waals surface area contributed by atoms with E-state index in [4.69, 9.17) is 5.73 Å². The van der Waals surface area contributed by atoms with Crippen molar-refractivity contribution in [3.05, 3.63) is 90.6 Å². The van der Waals surface area contributed by atoms with E-state index >= 15 is 0 Å². The summed E-state index contributed by atoms with van der Waals surface area (Å²) in [5, 5.41) is 5.12. The van der Waals surface area contributed by atoms with E-state index in [1.54, 1.807) is 24.4 Å². The molecular weight excluding hydrogens is 482 g/mol. The molecule has 2 atom stereocenters. The number of aromatic nitrogens is 1. The molecule has 8 heteroatoms. The van der Waals surface area contributed by atoms with Crippen molar-refractivity contribution in [1.29, 1.82) is 0 Å². The number of pyridine rings is 1. The van der Waals surface area contributed by atoms with Crippen molar-refractivity contribution in [2.24, 2.45) is 5.41 Å². The number of benzene rings is 3. The number of anilines is 3. The van der Waals surface area contributed by atoms with Gasteiger partial charge in [0.2, 0.25) is 0 Å². The van der Waals surface area contributed by atoms with E-state index in [-0.39, 0.29) is 11.3 Å². The van der Waals surface area contributed by atoms with E-state index < -0.39 is 11.0 Å². The van der Waals surface area contributed by atoms with Gasteiger partial charge in [0.1, 0.15) is 16.8 Å². The predicted molar refractivity (Wildman–Crippen MR) is 149 cm³/mol. The Morgan fingerprint density at radius 3 is 2.51 bits per heavy atom. The molecule has 37 heavy (non-hydrogen) atoms. The van der Waals surface area contributed by atoms with E-state index in [9.17, 15) is 9.00 Å². The van der Waals surface area contributed by atoms with E-state index in [0.29, 0.717) is 16.9 Å². The molecule has 2 saturated heterocycles. The summed E-state index contributed by atoms with van der Waals surface area (Å²) in [4.78, 5) is 20.4. The predicted octanol–water partition coefficient (Wildman–Crippen LogP) is 4.69.